The van der Waals surface area contributed by atoms with E-state index < -0.39 is 146 Å². The minimum Gasteiger partial charge on any atom is -0.465 e. The van der Waals surface area contributed by atoms with Gasteiger partial charge in [0, 0.05) is 12.3 Å². The molecule has 11 N–H and O–H groups in total. The first kappa shape index (κ1) is 54.3. The number of esters is 2. The highest BCUT2D eigenvalue weighted by Gasteiger charge is 2.71. The third-order valence-electron chi connectivity index (χ3n) is 20.0. The Kier molecular flexibility index (Phi) is 15.2. The highest BCUT2D eigenvalue weighted by atomic mass is 16.8. The molecule has 3 heterocycles. The quantitative estimate of drug-likeness (QED) is 0.0974. The lowest BCUT2D eigenvalue weighted by Crippen LogP contribution is -2.68. The predicted octanol–water partition coefficient (Wildman–Crippen LogP) is -0.462. The van der Waals surface area contributed by atoms with Crippen molar-refractivity contribution in [1.29, 1.82) is 0 Å². The van der Waals surface area contributed by atoms with Crippen molar-refractivity contribution in [3.8, 4) is 0 Å². The normalized spacial score (nSPS) is 54.6. The molecule has 0 aromatic heterocycles. The number of ether oxygens (including phenoxy) is 7. The summed E-state index contributed by atoms with van der Waals surface area (Å²) in [6, 6.07) is 0. The van der Waals surface area contributed by atoms with Gasteiger partial charge in [0.15, 0.2) is 12.6 Å². The molecule has 0 amide bonds. The molecule has 4 saturated carbocycles. The van der Waals surface area contributed by atoms with Gasteiger partial charge in [-0.25, -0.2) is 0 Å². The fourth-order valence-electron chi connectivity index (χ4n) is 15.4. The predicted molar refractivity (Wildman–Crippen MR) is 241 cm³/mol. The van der Waals surface area contributed by atoms with Gasteiger partial charge in [-0.05, 0) is 104 Å². The molecule has 8 rings (SSSR count). The summed E-state index contributed by atoms with van der Waals surface area (Å²) in [6.45, 7) is 14.5. The topological polar surface area (TPSA) is 321 Å². The lowest BCUT2D eigenvalue weighted by molar-refractivity contribution is -0.361. The van der Waals surface area contributed by atoms with Crippen molar-refractivity contribution < 1.29 is 98.9 Å². The number of carbonyl (C=O) groups is 2. The third-order valence-corrected chi connectivity index (χ3v) is 20.0. The zero-order chi connectivity index (χ0) is 51.4. The van der Waals surface area contributed by atoms with E-state index in [1.54, 1.807) is 0 Å². The summed E-state index contributed by atoms with van der Waals surface area (Å²) < 4.78 is 40.3. The van der Waals surface area contributed by atoms with Crippen LogP contribution in [0.3, 0.4) is 0 Å². The lowest BCUT2D eigenvalue weighted by Gasteiger charge is -2.71. The van der Waals surface area contributed by atoms with Crippen molar-refractivity contribution in [3.05, 3.63) is 11.6 Å². The maximum absolute atomic E-state index is 15.1. The number of carbonyl (C=O) groups excluding carboxylic acids is 2. The molecule has 8 aliphatic rings. The van der Waals surface area contributed by atoms with E-state index in [0.29, 0.717) is 32.1 Å². The van der Waals surface area contributed by atoms with Gasteiger partial charge in [0.1, 0.15) is 67.1 Å². The average Bonchev–Trinajstić information content (AvgIpc) is 3.31. The van der Waals surface area contributed by atoms with Crippen LogP contribution in [0.25, 0.3) is 0 Å². The summed E-state index contributed by atoms with van der Waals surface area (Å²) in [7, 11) is 0. The van der Waals surface area contributed by atoms with Crippen molar-refractivity contribution in [2.75, 3.05) is 19.8 Å². The molecule has 3 saturated heterocycles. The van der Waals surface area contributed by atoms with Gasteiger partial charge >= 0.3 is 11.9 Å². The van der Waals surface area contributed by atoms with Gasteiger partial charge in [0.2, 0.25) is 6.29 Å². The second-order valence-corrected chi connectivity index (χ2v) is 23.5. The monoisotopic (exact) mass is 1000 g/mol. The molecule has 0 aromatic carbocycles. The maximum Gasteiger partial charge on any atom is 0.315 e. The summed E-state index contributed by atoms with van der Waals surface area (Å²) >= 11 is 0. The molecule has 27 atom stereocenters. The van der Waals surface area contributed by atoms with Gasteiger partial charge in [-0.15, -0.1) is 0 Å². The van der Waals surface area contributed by atoms with Gasteiger partial charge in [0.25, 0.3) is 0 Å². The number of aliphatic hydroxyl groups excluding tert-OH is 11. The molecule has 5 aliphatic carbocycles. The van der Waals surface area contributed by atoms with E-state index in [2.05, 4.69) is 40.7 Å². The molecule has 0 spiro atoms. The van der Waals surface area contributed by atoms with Crippen molar-refractivity contribution in [2.24, 2.45) is 56.7 Å². The van der Waals surface area contributed by atoms with Crippen LogP contribution in [0.5, 0.6) is 0 Å². The maximum atomic E-state index is 15.1. The summed E-state index contributed by atoms with van der Waals surface area (Å²) in [6.07, 6.45) is -19.3. The number of hydrogen-bond donors (Lipinski definition) is 11. The molecule has 20 nitrogen and oxygen atoms in total. The van der Waals surface area contributed by atoms with E-state index in [0.717, 1.165) is 19.3 Å². The minimum absolute atomic E-state index is 0.00228. The third kappa shape index (κ3) is 8.52. The Morgan fingerprint density at radius 2 is 1.36 bits per heavy atom. The van der Waals surface area contributed by atoms with Gasteiger partial charge in [-0.2, -0.15) is 0 Å². The SMILES string of the molecule is CC(=O)OCC1(C)C(O)C(O)CC2(C)C1CCC1(C)C2CC=C2C3C(C)C(C)CCC3(C(=O)OC3OC(COC4OC(CO)C(OC5OC(C)C(O)C(O)C5O)C(O)C4O)C(O)C(O)C3O)CCC21C. The first-order chi connectivity index (χ1) is 32.7. The molecule has 0 radical (unpaired) electrons. The second-order valence-electron chi connectivity index (χ2n) is 23.5. The van der Waals surface area contributed by atoms with Crippen LogP contribution in [-0.4, -0.2) is 192 Å². The Bertz CT molecular complexity index is 1940. The van der Waals surface area contributed by atoms with Crippen LogP contribution < -0.4 is 0 Å². The molecule has 0 bridgehead atoms. The van der Waals surface area contributed by atoms with Gasteiger partial charge in [-0.3, -0.25) is 9.59 Å². The summed E-state index contributed by atoms with van der Waals surface area (Å²) in [5, 5.41) is 120. The van der Waals surface area contributed by atoms with Crippen LogP contribution in [0.15, 0.2) is 11.6 Å². The molecule has 27 unspecified atom stereocenters. The van der Waals surface area contributed by atoms with E-state index in [1.807, 2.05) is 6.92 Å². The van der Waals surface area contributed by atoms with Crippen LogP contribution in [0.2, 0.25) is 0 Å². The van der Waals surface area contributed by atoms with Crippen molar-refractivity contribution in [3.63, 3.8) is 0 Å². The van der Waals surface area contributed by atoms with Crippen LogP contribution in [-0.2, 0) is 42.7 Å². The van der Waals surface area contributed by atoms with Gasteiger partial charge in [-0.1, -0.05) is 53.2 Å². The minimum atomic E-state index is -1.87. The first-order valence-electron chi connectivity index (χ1n) is 25.4. The molecule has 400 valence electrons. The Morgan fingerprint density at radius 3 is 2.03 bits per heavy atom. The summed E-state index contributed by atoms with van der Waals surface area (Å²) in [5.74, 6) is -0.966. The fraction of sp³-hybridized carbons (Fsp3) is 0.920. The Labute approximate surface area is 409 Å². The van der Waals surface area contributed by atoms with Crippen LogP contribution in [0.1, 0.15) is 107 Å². The number of fused-ring (bicyclic) bond motifs is 7. The smallest absolute Gasteiger partial charge is 0.315 e. The zero-order valence-corrected chi connectivity index (χ0v) is 41.7. The Balaban J connectivity index is 0.989. The molecule has 7 fully saturated rings. The summed E-state index contributed by atoms with van der Waals surface area (Å²) in [5.41, 5.74) is -1.79. The highest BCUT2D eigenvalue weighted by Crippen LogP contribution is 2.76. The van der Waals surface area contributed by atoms with E-state index in [9.17, 15) is 61.0 Å². The molecule has 70 heavy (non-hydrogen) atoms. The Hall–Kier alpha value is -1.96. The molecular weight excluding hydrogens is 921 g/mol. The van der Waals surface area contributed by atoms with E-state index in [-0.39, 0.29) is 47.0 Å². The molecule has 3 aliphatic heterocycles. The van der Waals surface area contributed by atoms with Crippen LogP contribution in [0, 0.1) is 56.7 Å². The Morgan fingerprint density at radius 1 is 0.714 bits per heavy atom. The number of hydrogen-bond acceptors (Lipinski definition) is 20. The second kappa shape index (κ2) is 19.6. The van der Waals surface area contributed by atoms with Crippen molar-refractivity contribution >= 4 is 11.9 Å². The standard InChI is InChI=1S/C50H80O20/c1-21-11-14-50(16-15-48(7)25(31(50)22(21)2)9-10-30-46(5)17-26(53)41(62)47(6,20-65-24(4)52)29(46)12-13-49(30,48)8)45(63)70-44-38(60)35(57)33(55)28(68-44)19-64-42-39(61)36(58)40(27(18-51)67-42)69-43-37(59)34(56)32(54)23(3)66-43/h9,21-23,26-44,51,53-62H,10-20H2,1-8H3. The molecule has 0 aromatic rings. The number of aliphatic hydroxyl groups is 11. The van der Waals surface area contributed by atoms with Gasteiger partial charge < -0.3 is 89.3 Å². The molecular formula is C50H80O20. The largest absolute Gasteiger partial charge is 0.465 e. The lowest BCUT2D eigenvalue weighted by atomic mass is 9.33. The highest BCUT2D eigenvalue weighted by molar-refractivity contribution is 5.79. The number of rotatable bonds is 10. The zero-order valence-electron chi connectivity index (χ0n) is 41.7. The fourth-order valence-corrected chi connectivity index (χ4v) is 15.4. The number of allylic oxidation sites excluding steroid dienone is 2. The van der Waals surface area contributed by atoms with E-state index in [4.69, 9.17) is 33.2 Å². The van der Waals surface area contributed by atoms with Crippen LogP contribution in [0.4, 0.5) is 0 Å². The van der Waals surface area contributed by atoms with Crippen LogP contribution >= 0.6 is 0 Å². The summed E-state index contributed by atoms with van der Waals surface area (Å²) in [4.78, 5) is 27.1. The first-order valence-corrected chi connectivity index (χ1v) is 25.4. The van der Waals surface area contributed by atoms with E-state index >= 15 is 4.79 Å². The van der Waals surface area contributed by atoms with Crippen molar-refractivity contribution in [1.82, 2.24) is 0 Å². The average molecular weight is 1000 g/mol. The van der Waals surface area contributed by atoms with Crippen molar-refractivity contribution in [2.45, 2.75) is 211 Å². The van der Waals surface area contributed by atoms with Gasteiger partial charge in [0.05, 0.1) is 43.5 Å². The van der Waals surface area contributed by atoms with E-state index in [1.165, 1.54) is 19.4 Å². The molecule has 20 heteroatoms.